The SMILES string of the molecule is CCn1nccc1C(=O)N[C@H](C(=O)Nc1cc2c(cn1)C1(CCOCC1)CN2)[C@H]1CC[C@H](C)CC1. The summed E-state index contributed by atoms with van der Waals surface area (Å²) in [6.07, 6.45) is 9.40. The number of carbonyl (C=O) groups excluding carboxylic acids is 2. The number of nitrogens with zero attached hydrogens (tertiary/aromatic N) is 3. The van der Waals surface area contributed by atoms with E-state index in [4.69, 9.17) is 4.74 Å². The topological polar surface area (TPSA) is 110 Å². The lowest BCUT2D eigenvalue weighted by atomic mass is 9.76. The number of ether oxygens (including phenoxy) is 1. The molecule has 1 saturated heterocycles. The average molecular weight is 481 g/mol. The van der Waals surface area contributed by atoms with Gasteiger partial charge in [-0.05, 0) is 50.5 Å². The van der Waals surface area contributed by atoms with Crippen LogP contribution in [0.25, 0.3) is 0 Å². The molecular weight excluding hydrogens is 444 g/mol. The Morgan fingerprint density at radius 2 is 2.03 bits per heavy atom. The minimum Gasteiger partial charge on any atom is -0.384 e. The van der Waals surface area contributed by atoms with E-state index >= 15 is 0 Å². The number of carbonyl (C=O) groups is 2. The first-order valence-corrected chi connectivity index (χ1v) is 12.9. The highest BCUT2D eigenvalue weighted by Gasteiger charge is 2.41. The van der Waals surface area contributed by atoms with Crippen molar-refractivity contribution in [1.82, 2.24) is 20.1 Å². The predicted molar refractivity (Wildman–Crippen MR) is 133 cm³/mol. The summed E-state index contributed by atoms with van der Waals surface area (Å²) in [4.78, 5) is 31.2. The Morgan fingerprint density at radius 3 is 2.77 bits per heavy atom. The van der Waals surface area contributed by atoms with Gasteiger partial charge in [-0.3, -0.25) is 14.3 Å². The van der Waals surface area contributed by atoms with Gasteiger partial charge in [0.2, 0.25) is 5.91 Å². The monoisotopic (exact) mass is 480 g/mol. The highest BCUT2D eigenvalue weighted by atomic mass is 16.5. The number of anilines is 2. The molecule has 4 heterocycles. The third-order valence-corrected chi connectivity index (χ3v) is 8.14. The zero-order valence-electron chi connectivity index (χ0n) is 20.7. The number of aromatic nitrogens is 3. The predicted octanol–water partition coefficient (Wildman–Crippen LogP) is 3.34. The molecule has 2 amide bonds. The van der Waals surface area contributed by atoms with Gasteiger partial charge in [0.05, 0.1) is 0 Å². The lowest BCUT2D eigenvalue weighted by molar-refractivity contribution is -0.119. The van der Waals surface area contributed by atoms with Gasteiger partial charge in [-0.1, -0.05) is 19.8 Å². The first kappa shape index (κ1) is 23.8. The van der Waals surface area contributed by atoms with E-state index in [0.717, 1.165) is 64.0 Å². The van der Waals surface area contributed by atoms with Gasteiger partial charge < -0.3 is 20.7 Å². The summed E-state index contributed by atoms with van der Waals surface area (Å²) in [5.74, 6) is 0.757. The molecule has 0 aromatic carbocycles. The molecule has 2 aromatic rings. The highest BCUT2D eigenvalue weighted by Crippen LogP contribution is 2.43. The van der Waals surface area contributed by atoms with Gasteiger partial charge in [0, 0.05) is 61.4 Å². The Morgan fingerprint density at radius 1 is 1.26 bits per heavy atom. The molecule has 5 rings (SSSR count). The standard InChI is InChI=1S/C26H36N6O3/c1-3-32-21(8-11-29-32)24(33)31-23(18-6-4-17(2)5-7-18)25(34)30-22-14-20-19(15-27-22)26(16-28-20)9-12-35-13-10-26/h8,11,14-15,17-18,23,28H,3-7,9-10,12-13,16H2,1-2H3,(H,31,33)(H,27,30,34)/t17-,18-,23-/m0/s1. The Hall–Kier alpha value is -2.94. The number of hydrogen-bond acceptors (Lipinski definition) is 6. The van der Waals surface area contributed by atoms with Crippen molar-refractivity contribution in [2.75, 3.05) is 30.4 Å². The minimum atomic E-state index is -0.625. The van der Waals surface area contributed by atoms with Crippen LogP contribution in [0.1, 0.15) is 68.4 Å². The Bertz CT molecular complexity index is 1070. The third-order valence-electron chi connectivity index (χ3n) is 8.14. The fourth-order valence-electron chi connectivity index (χ4n) is 5.87. The molecule has 1 saturated carbocycles. The van der Waals surface area contributed by atoms with Crippen molar-refractivity contribution in [3.8, 4) is 0 Å². The van der Waals surface area contributed by atoms with Crippen LogP contribution in [0.2, 0.25) is 0 Å². The van der Waals surface area contributed by atoms with E-state index in [9.17, 15) is 9.59 Å². The van der Waals surface area contributed by atoms with Gasteiger partial charge in [0.1, 0.15) is 17.6 Å². The smallest absolute Gasteiger partial charge is 0.270 e. The Labute approximate surface area is 206 Å². The quantitative estimate of drug-likeness (QED) is 0.585. The van der Waals surface area contributed by atoms with Gasteiger partial charge in [-0.2, -0.15) is 5.10 Å². The molecule has 1 atom stereocenters. The summed E-state index contributed by atoms with van der Waals surface area (Å²) in [5, 5.41) is 13.7. The molecule has 188 valence electrons. The molecular formula is C26H36N6O3. The number of fused-ring (bicyclic) bond motifs is 2. The van der Waals surface area contributed by atoms with Crippen LogP contribution in [0.5, 0.6) is 0 Å². The number of nitrogens with one attached hydrogen (secondary N) is 3. The maximum absolute atomic E-state index is 13.5. The molecule has 2 aromatic heterocycles. The van der Waals surface area contributed by atoms with Gasteiger partial charge in [0.25, 0.3) is 5.91 Å². The van der Waals surface area contributed by atoms with Crippen molar-refractivity contribution < 1.29 is 14.3 Å². The van der Waals surface area contributed by atoms with Crippen LogP contribution in [-0.2, 0) is 21.5 Å². The van der Waals surface area contributed by atoms with Crippen molar-refractivity contribution in [3.05, 3.63) is 35.8 Å². The van der Waals surface area contributed by atoms with Gasteiger partial charge in [-0.15, -0.1) is 0 Å². The number of aryl methyl sites for hydroxylation is 1. The average Bonchev–Trinajstić information content (AvgIpc) is 3.49. The first-order chi connectivity index (χ1) is 17.0. The fraction of sp³-hybridized carbons (Fsp3) is 0.615. The van der Waals surface area contributed by atoms with Crippen LogP contribution in [0, 0.1) is 11.8 Å². The number of amides is 2. The van der Waals surface area contributed by atoms with E-state index in [0.29, 0.717) is 24.0 Å². The van der Waals surface area contributed by atoms with Gasteiger partial charge in [-0.25, -0.2) is 4.98 Å². The highest BCUT2D eigenvalue weighted by molar-refractivity contribution is 6.00. The second-order valence-electron chi connectivity index (χ2n) is 10.4. The molecule has 1 spiro atoms. The van der Waals surface area contributed by atoms with Crippen LogP contribution in [0.3, 0.4) is 0 Å². The molecule has 0 radical (unpaired) electrons. The summed E-state index contributed by atoms with van der Waals surface area (Å²) >= 11 is 0. The lowest BCUT2D eigenvalue weighted by Crippen LogP contribution is -2.49. The first-order valence-electron chi connectivity index (χ1n) is 12.9. The van der Waals surface area contributed by atoms with E-state index in [2.05, 4.69) is 33.0 Å². The Kier molecular flexibility index (Phi) is 6.77. The van der Waals surface area contributed by atoms with E-state index in [1.807, 2.05) is 19.2 Å². The maximum atomic E-state index is 13.5. The summed E-state index contributed by atoms with van der Waals surface area (Å²) in [5.41, 5.74) is 2.77. The summed E-state index contributed by atoms with van der Waals surface area (Å²) in [6, 6.07) is 2.99. The van der Waals surface area contributed by atoms with Crippen molar-refractivity contribution in [3.63, 3.8) is 0 Å². The molecule has 3 N–H and O–H groups in total. The van der Waals surface area contributed by atoms with Gasteiger partial charge >= 0.3 is 0 Å². The molecule has 9 nitrogen and oxygen atoms in total. The molecule has 1 aliphatic carbocycles. The second kappa shape index (κ2) is 9.97. The fourth-order valence-corrected chi connectivity index (χ4v) is 5.87. The number of hydrogen-bond donors (Lipinski definition) is 3. The molecule has 0 unspecified atom stereocenters. The van der Waals surface area contributed by atoms with E-state index in [-0.39, 0.29) is 23.1 Å². The third kappa shape index (κ3) is 4.78. The van der Waals surface area contributed by atoms with Gasteiger partial charge in [0.15, 0.2) is 0 Å². The molecule has 2 fully saturated rings. The lowest BCUT2D eigenvalue weighted by Gasteiger charge is -2.33. The molecule has 9 heteroatoms. The normalized spacial score (nSPS) is 23.8. The molecule has 3 aliphatic rings. The second-order valence-corrected chi connectivity index (χ2v) is 10.4. The van der Waals surface area contributed by atoms with Crippen molar-refractivity contribution in [1.29, 1.82) is 0 Å². The molecule has 2 aliphatic heterocycles. The summed E-state index contributed by atoms with van der Waals surface area (Å²) in [7, 11) is 0. The Balaban J connectivity index is 1.33. The van der Waals surface area contributed by atoms with E-state index < -0.39 is 6.04 Å². The minimum absolute atomic E-state index is 0.0701. The van der Waals surface area contributed by atoms with Crippen molar-refractivity contribution >= 4 is 23.3 Å². The van der Waals surface area contributed by atoms with Crippen molar-refractivity contribution in [2.45, 2.75) is 70.4 Å². The number of rotatable bonds is 6. The zero-order chi connectivity index (χ0) is 24.4. The van der Waals surface area contributed by atoms with Crippen LogP contribution in [-0.4, -0.2) is 52.4 Å². The van der Waals surface area contributed by atoms with Crippen LogP contribution < -0.4 is 16.0 Å². The molecule has 0 bridgehead atoms. The van der Waals surface area contributed by atoms with E-state index in [1.54, 1.807) is 16.9 Å². The van der Waals surface area contributed by atoms with Crippen LogP contribution in [0.15, 0.2) is 24.5 Å². The number of pyridine rings is 1. The summed E-state index contributed by atoms with van der Waals surface area (Å²) in [6.45, 7) is 7.17. The van der Waals surface area contributed by atoms with E-state index in [1.165, 1.54) is 5.56 Å². The maximum Gasteiger partial charge on any atom is 0.270 e. The zero-order valence-corrected chi connectivity index (χ0v) is 20.7. The summed E-state index contributed by atoms with van der Waals surface area (Å²) < 4.78 is 7.21. The largest absolute Gasteiger partial charge is 0.384 e. The van der Waals surface area contributed by atoms with Crippen LogP contribution in [0.4, 0.5) is 11.5 Å². The van der Waals surface area contributed by atoms with Crippen molar-refractivity contribution in [2.24, 2.45) is 11.8 Å². The van der Waals surface area contributed by atoms with Crippen LogP contribution >= 0.6 is 0 Å². The molecule has 35 heavy (non-hydrogen) atoms.